The van der Waals surface area contributed by atoms with Crippen molar-refractivity contribution < 1.29 is 4.79 Å². The summed E-state index contributed by atoms with van der Waals surface area (Å²) in [4.78, 5) is 14.8. The molecule has 6 heteroatoms. The van der Waals surface area contributed by atoms with Crippen molar-refractivity contribution in [2.24, 2.45) is 5.73 Å². The molecule has 0 radical (unpaired) electrons. The number of nitrogens with one attached hydrogen (secondary N) is 1. The van der Waals surface area contributed by atoms with Crippen molar-refractivity contribution in [3.05, 3.63) is 74.9 Å². The highest BCUT2D eigenvalue weighted by Crippen LogP contribution is 2.31. The van der Waals surface area contributed by atoms with Gasteiger partial charge in [0.25, 0.3) is 5.91 Å². The molecule has 0 atom stereocenters. The van der Waals surface area contributed by atoms with Gasteiger partial charge in [-0.2, -0.15) is 5.26 Å². The first-order valence-corrected chi connectivity index (χ1v) is 9.30. The Balaban J connectivity index is 1.81. The minimum Gasteiger partial charge on any atom is -0.389 e. The summed E-state index contributed by atoms with van der Waals surface area (Å²) >= 11 is 5.92. The van der Waals surface area contributed by atoms with Crippen LogP contribution in [0.3, 0.4) is 0 Å². The Hall–Kier alpha value is -3.10. The molecule has 2 aromatic rings. The van der Waals surface area contributed by atoms with Crippen LogP contribution in [-0.2, 0) is 0 Å². The topological polar surface area (TPSA) is 94.0 Å². The molecule has 1 heterocycles. The number of amides is 1. The maximum atomic E-state index is 13.0. The lowest BCUT2D eigenvalue weighted by Gasteiger charge is -2.40. The van der Waals surface area contributed by atoms with Gasteiger partial charge in [0, 0.05) is 36.4 Å². The Kier molecular flexibility index (Phi) is 5.53. The number of nitriles is 1. The van der Waals surface area contributed by atoms with Crippen molar-refractivity contribution in [2.45, 2.75) is 19.8 Å². The van der Waals surface area contributed by atoms with E-state index in [0.29, 0.717) is 35.4 Å². The largest absolute Gasteiger partial charge is 0.389 e. The SMILES string of the molecule is Cc1cc(C)c(/C(C=N)=C(/N)Cl)cc1C(=O)N1CC(c2ccc(C#N)cc2)C1. The summed E-state index contributed by atoms with van der Waals surface area (Å²) in [6.07, 6.45) is 1.11. The zero-order valence-electron chi connectivity index (χ0n) is 15.8. The molecule has 2 aromatic carbocycles. The third-order valence-electron chi connectivity index (χ3n) is 5.17. The molecule has 0 saturated carbocycles. The van der Waals surface area contributed by atoms with E-state index in [9.17, 15) is 4.79 Å². The van der Waals surface area contributed by atoms with Crippen LogP contribution in [0.2, 0.25) is 0 Å². The number of aryl methyl sites for hydroxylation is 2. The second-order valence-corrected chi connectivity index (χ2v) is 7.44. The Bertz CT molecular complexity index is 1010. The van der Waals surface area contributed by atoms with Crippen molar-refractivity contribution >= 4 is 29.3 Å². The maximum absolute atomic E-state index is 13.0. The van der Waals surface area contributed by atoms with Crippen LogP contribution < -0.4 is 5.73 Å². The molecule has 0 aliphatic carbocycles. The number of rotatable bonds is 4. The highest BCUT2D eigenvalue weighted by atomic mass is 35.5. The summed E-state index contributed by atoms with van der Waals surface area (Å²) in [5, 5.41) is 16.5. The Morgan fingerprint density at radius 3 is 2.36 bits per heavy atom. The molecule has 1 amide bonds. The number of hydrogen-bond acceptors (Lipinski definition) is 4. The highest BCUT2D eigenvalue weighted by Gasteiger charge is 2.33. The summed E-state index contributed by atoms with van der Waals surface area (Å²) < 4.78 is 0. The molecule has 0 aromatic heterocycles. The molecular weight excluding hydrogens is 372 g/mol. The number of allylic oxidation sites excluding steroid dienone is 1. The van der Waals surface area contributed by atoms with E-state index in [4.69, 9.17) is 28.0 Å². The summed E-state index contributed by atoms with van der Waals surface area (Å²) in [6, 6.07) is 13.3. The van der Waals surface area contributed by atoms with E-state index >= 15 is 0 Å². The molecule has 1 aliphatic heterocycles. The zero-order chi connectivity index (χ0) is 20.4. The molecule has 142 valence electrons. The zero-order valence-corrected chi connectivity index (χ0v) is 16.5. The van der Waals surface area contributed by atoms with Crippen LogP contribution in [0.5, 0.6) is 0 Å². The van der Waals surface area contributed by atoms with Gasteiger partial charge in [-0.05, 0) is 54.3 Å². The maximum Gasteiger partial charge on any atom is 0.254 e. The van der Waals surface area contributed by atoms with Gasteiger partial charge in [0.2, 0.25) is 0 Å². The van der Waals surface area contributed by atoms with Gasteiger partial charge in [-0.1, -0.05) is 29.8 Å². The highest BCUT2D eigenvalue weighted by molar-refractivity contribution is 6.36. The number of halogens is 1. The molecule has 0 unspecified atom stereocenters. The number of nitrogens with two attached hydrogens (primary N) is 1. The number of hydrogen-bond donors (Lipinski definition) is 2. The summed E-state index contributed by atoms with van der Waals surface area (Å²) in [5.74, 6) is 0.235. The van der Waals surface area contributed by atoms with Crippen LogP contribution in [0.1, 0.15) is 44.1 Å². The number of nitrogens with zero attached hydrogens (tertiary/aromatic N) is 2. The van der Waals surface area contributed by atoms with Gasteiger partial charge in [0.05, 0.1) is 11.6 Å². The normalized spacial score (nSPS) is 14.7. The smallest absolute Gasteiger partial charge is 0.254 e. The number of likely N-dealkylation sites (tertiary alicyclic amines) is 1. The van der Waals surface area contributed by atoms with Crippen molar-refractivity contribution in [1.82, 2.24) is 4.90 Å². The van der Waals surface area contributed by atoms with Gasteiger partial charge in [-0.25, -0.2) is 0 Å². The van der Waals surface area contributed by atoms with Crippen molar-refractivity contribution in [3.8, 4) is 6.07 Å². The Labute approximate surface area is 169 Å². The van der Waals surface area contributed by atoms with Gasteiger partial charge in [-0.3, -0.25) is 4.79 Å². The molecule has 1 saturated heterocycles. The second kappa shape index (κ2) is 7.87. The Morgan fingerprint density at radius 2 is 1.82 bits per heavy atom. The van der Waals surface area contributed by atoms with Crippen LogP contribution in [0.15, 0.2) is 41.6 Å². The number of benzene rings is 2. The average molecular weight is 393 g/mol. The average Bonchev–Trinajstić information content (AvgIpc) is 2.63. The Morgan fingerprint density at radius 1 is 1.21 bits per heavy atom. The van der Waals surface area contributed by atoms with E-state index in [0.717, 1.165) is 22.9 Å². The first kappa shape index (κ1) is 19.7. The van der Waals surface area contributed by atoms with Gasteiger partial charge in [0.1, 0.15) is 5.16 Å². The van der Waals surface area contributed by atoms with E-state index in [2.05, 4.69) is 6.07 Å². The second-order valence-electron chi connectivity index (χ2n) is 7.03. The minimum atomic E-state index is -0.0406. The van der Waals surface area contributed by atoms with Crippen molar-refractivity contribution in [1.29, 1.82) is 10.7 Å². The molecular formula is C22H21ClN4O. The lowest BCUT2D eigenvalue weighted by Crippen LogP contribution is -2.48. The van der Waals surface area contributed by atoms with E-state index in [1.807, 2.05) is 36.9 Å². The lowest BCUT2D eigenvalue weighted by molar-refractivity contribution is 0.0601. The van der Waals surface area contributed by atoms with E-state index in [1.54, 1.807) is 18.2 Å². The third-order valence-corrected chi connectivity index (χ3v) is 5.38. The minimum absolute atomic E-state index is 0.0326. The molecule has 5 nitrogen and oxygen atoms in total. The molecule has 0 spiro atoms. The van der Waals surface area contributed by atoms with Crippen molar-refractivity contribution in [3.63, 3.8) is 0 Å². The molecule has 1 aliphatic rings. The predicted octanol–water partition coefficient (Wildman–Crippen LogP) is 3.93. The summed E-state index contributed by atoms with van der Waals surface area (Å²) in [5.41, 5.74) is 10.9. The fourth-order valence-electron chi connectivity index (χ4n) is 3.50. The van der Waals surface area contributed by atoms with Crippen LogP contribution >= 0.6 is 11.6 Å². The van der Waals surface area contributed by atoms with E-state index < -0.39 is 0 Å². The third kappa shape index (κ3) is 3.64. The van der Waals surface area contributed by atoms with Crippen molar-refractivity contribution in [2.75, 3.05) is 13.1 Å². The van der Waals surface area contributed by atoms with Gasteiger partial charge < -0.3 is 16.0 Å². The lowest BCUT2D eigenvalue weighted by atomic mass is 9.89. The summed E-state index contributed by atoms with van der Waals surface area (Å²) in [7, 11) is 0. The van der Waals surface area contributed by atoms with Crippen LogP contribution in [0, 0.1) is 30.6 Å². The van der Waals surface area contributed by atoms with Gasteiger partial charge >= 0.3 is 0 Å². The predicted molar refractivity (Wildman–Crippen MR) is 111 cm³/mol. The number of carbonyl (C=O) groups is 1. The summed E-state index contributed by atoms with van der Waals surface area (Å²) in [6.45, 7) is 5.08. The quantitative estimate of drug-likeness (QED) is 0.609. The van der Waals surface area contributed by atoms with Gasteiger partial charge in [0.15, 0.2) is 0 Å². The monoisotopic (exact) mass is 392 g/mol. The molecule has 1 fully saturated rings. The standard InChI is InChI=1S/C22H21ClN4O/c1-13-7-14(2)19(8-18(13)20(10-25)21(23)26)22(28)27-11-17(12-27)16-5-3-15(9-24)4-6-16/h3-8,10,17,25H,11-12,26H2,1-2H3/b21-20+,25-10?. The molecule has 3 rings (SSSR count). The molecule has 3 N–H and O–H groups in total. The van der Waals surface area contributed by atoms with Crippen LogP contribution in [0.25, 0.3) is 5.57 Å². The van der Waals surface area contributed by atoms with Crippen LogP contribution in [-0.4, -0.2) is 30.1 Å². The molecule has 0 bridgehead atoms. The van der Waals surface area contributed by atoms with Crippen LogP contribution in [0.4, 0.5) is 0 Å². The fraction of sp³-hybridized carbons (Fsp3) is 0.227. The van der Waals surface area contributed by atoms with E-state index in [1.165, 1.54) is 0 Å². The first-order chi connectivity index (χ1) is 13.3. The molecule has 28 heavy (non-hydrogen) atoms. The first-order valence-electron chi connectivity index (χ1n) is 8.92. The number of carbonyl (C=O) groups excluding carboxylic acids is 1. The fourth-order valence-corrected chi connectivity index (χ4v) is 3.66. The van der Waals surface area contributed by atoms with E-state index in [-0.39, 0.29) is 17.0 Å². The van der Waals surface area contributed by atoms with Gasteiger partial charge in [-0.15, -0.1) is 0 Å².